The quantitative estimate of drug-likeness (QED) is 0.343. The van der Waals surface area contributed by atoms with Gasteiger partial charge in [-0.3, -0.25) is 0 Å². The summed E-state index contributed by atoms with van der Waals surface area (Å²) >= 11 is 10.2. The summed E-state index contributed by atoms with van der Waals surface area (Å²) in [7, 11) is 1.74. The minimum Gasteiger partial charge on any atom is -0.383 e. The molecule has 3 heterocycles. The summed E-state index contributed by atoms with van der Waals surface area (Å²) in [5.41, 5.74) is 1.69. The second-order valence-electron chi connectivity index (χ2n) is 9.15. The number of pyridine rings is 2. The smallest absolute Gasteiger partial charge is 0.126 e. The lowest BCUT2D eigenvalue weighted by molar-refractivity contribution is 0.0699. The van der Waals surface area contributed by atoms with Gasteiger partial charge in [0.05, 0.1) is 17.3 Å². The molecule has 9 heteroatoms. The third-order valence-corrected chi connectivity index (χ3v) is 7.63. The van der Waals surface area contributed by atoms with Crippen LogP contribution in [0.5, 0.6) is 0 Å². The second kappa shape index (κ2) is 13.0. The fourth-order valence-electron chi connectivity index (χ4n) is 4.64. The largest absolute Gasteiger partial charge is 0.383 e. The lowest BCUT2D eigenvalue weighted by Gasteiger charge is -2.30. The lowest BCUT2D eigenvalue weighted by atomic mass is 9.91. The monoisotopic (exact) mass is 551 g/mol. The van der Waals surface area contributed by atoms with E-state index in [-0.39, 0.29) is 0 Å². The van der Waals surface area contributed by atoms with Crippen LogP contribution in [0.4, 0.5) is 11.6 Å². The highest BCUT2D eigenvalue weighted by Gasteiger charge is 2.22. The minimum absolute atomic E-state index is 0.408. The molecule has 2 aliphatic rings. The van der Waals surface area contributed by atoms with Crippen molar-refractivity contribution >= 4 is 39.2 Å². The van der Waals surface area contributed by atoms with Crippen LogP contribution in [-0.2, 0) is 9.47 Å². The summed E-state index contributed by atoms with van der Waals surface area (Å²) in [5, 5.41) is 11.3. The van der Waals surface area contributed by atoms with Crippen molar-refractivity contribution in [2.24, 2.45) is 5.92 Å². The Morgan fingerprint density at radius 2 is 1.85 bits per heavy atom. The molecule has 2 fully saturated rings. The number of ether oxygens (including phenoxy) is 2. The molecule has 0 aromatic carbocycles. The average Bonchev–Trinajstić information content (AvgIpc) is 2.87. The van der Waals surface area contributed by atoms with Crippen LogP contribution in [0.25, 0.3) is 11.3 Å². The van der Waals surface area contributed by atoms with Crippen LogP contribution in [-0.4, -0.2) is 62.1 Å². The molecule has 34 heavy (non-hydrogen) atoms. The number of aromatic nitrogens is 2. The first-order chi connectivity index (χ1) is 16.6. The Morgan fingerprint density at radius 1 is 1.09 bits per heavy atom. The molecule has 1 aliphatic heterocycles. The molecule has 2 aromatic heterocycles. The first kappa shape index (κ1) is 25.6. The van der Waals surface area contributed by atoms with Gasteiger partial charge in [0.25, 0.3) is 0 Å². The van der Waals surface area contributed by atoms with Crippen molar-refractivity contribution in [3.8, 4) is 11.3 Å². The van der Waals surface area contributed by atoms with Crippen molar-refractivity contribution in [3.63, 3.8) is 0 Å². The maximum atomic E-state index is 6.57. The molecule has 0 unspecified atom stereocenters. The fraction of sp³-hybridized carbons (Fsp3) is 0.600. The SMILES string of the molecule is COCCNC1CCC(Nc2cc(-c3nc(NCC4CCOCC4)ccc3Br)c(Cl)cn2)CC1. The molecule has 186 valence electrons. The Kier molecular flexibility index (Phi) is 9.82. The van der Waals surface area contributed by atoms with Crippen molar-refractivity contribution in [1.29, 1.82) is 0 Å². The number of nitrogens with one attached hydrogen (secondary N) is 3. The molecule has 0 spiro atoms. The second-order valence-corrected chi connectivity index (χ2v) is 10.4. The maximum Gasteiger partial charge on any atom is 0.126 e. The third kappa shape index (κ3) is 7.28. The van der Waals surface area contributed by atoms with Gasteiger partial charge in [0.1, 0.15) is 11.6 Å². The van der Waals surface area contributed by atoms with Gasteiger partial charge in [-0.15, -0.1) is 0 Å². The van der Waals surface area contributed by atoms with Crippen LogP contribution >= 0.6 is 27.5 Å². The Hall–Kier alpha value is -1.45. The van der Waals surface area contributed by atoms with Crippen molar-refractivity contribution in [2.75, 3.05) is 50.7 Å². The highest BCUT2D eigenvalue weighted by atomic mass is 79.9. The molecule has 1 saturated heterocycles. The summed E-state index contributed by atoms with van der Waals surface area (Å²) in [6.07, 6.45) is 8.41. The van der Waals surface area contributed by atoms with Gasteiger partial charge in [0.15, 0.2) is 0 Å². The van der Waals surface area contributed by atoms with Crippen LogP contribution in [0, 0.1) is 5.92 Å². The predicted molar refractivity (Wildman–Crippen MR) is 142 cm³/mol. The Labute approximate surface area is 215 Å². The number of anilines is 2. The number of nitrogens with zero attached hydrogens (tertiary/aromatic N) is 2. The molecule has 3 N–H and O–H groups in total. The van der Waals surface area contributed by atoms with Crippen LogP contribution in [0.15, 0.2) is 28.9 Å². The zero-order chi connectivity index (χ0) is 23.8. The normalized spacial score (nSPS) is 21.4. The van der Waals surface area contributed by atoms with Gasteiger partial charge in [0, 0.05) is 61.7 Å². The minimum atomic E-state index is 0.408. The molecule has 7 nitrogen and oxygen atoms in total. The van der Waals surface area contributed by atoms with Gasteiger partial charge >= 0.3 is 0 Å². The third-order valence-electron chi connectivity index (χ3n) is 6.69. The van der Waals surface area contributed by atoms with Crippen molar-refractivity contribution in [1.82, 2.24) is 15.3 Å². The van der Waals surface area contributed by atoms with E-state index in [1.807, 2.05) is 18.2 Å². The lowest BCUT2D eigenvalue weighted by Crippen LogP contribution is -2.38. The highest BCUT2D eigenvalue weighted by Crippen LogP contribution is 2.34. The molecule has 1 aliphatic carbocycles. The standard InChI is InChI=1S/C25H35BrClN5O2/c1-33-13-10-28-18-2-4-19(5-3-18)31-24-14-20(22(27)16-30-24)25-21(26)6-7-23(32-25)29-15-17-8-11-34-12-9-17/h6-7,14,16-19,28H,2-5,8-13,15H2,1H3,(H,29,32)(H,30,31). The van der Waals surface area contributed by atoms with E-state index in [9.17, 15) is 0 Å². The van der Waals surface area contributed by atoms with Crippen LogP contribution in [0.1, 0.15) is 38.5 Å². The van der Waals surface area contributed by atoms with E-state index in [1.165, 1.54) is 0 Å². The Balaban J connectivity index is 1.39. The summed E-state index contributed by atoms with van der Waals surface area (Å²) in [4.78, 5) is 9.42. The molecule has 0 bridgehead atoms. The van der Waals surface area contributed by atoms with Gasteiger partial charge in [-0.1, -0.05) is 11.6 Å². The summed E-state index contributed by atoms with van der Waals surface area (Å²) in [6, 6.07) is 7.02. The van der Waals surface area contributed by atoms with E-state index in [4.69, 9.17) is 26.1 Å². The average molecular weight is 553 g/mol. The summed E-state index contributed by atoms with van der Waals surface area (Å²) < 4.78 is 11.5. The molecule has 0 radical (unpaired) electrons. The van der Waals surface area contributed by atoms with E-state index >= 15 is 0 Å². The van der Waals surface area contributed by atoms with E-state index in [0.717, 1.165) is 98.8 Å². The van der Waals surface area contributed by atoms with Crippen LogP contribution in [0.3, 0.4) is 0 Å². The number of rotatable bonds is 10. The Bertz CT molecular complexity index is 920. The number of methoxy groups -OCH3 is 1. The Morgan fingerprint density at radius 3 is 2.62 bits per heavy atom. The van der Waals surface area contributed by atoms with Crippen molar-refractivity contribution in [3.05, 3.63) is 33.9 Å². The number of halogens is 2. The van der Waals surface area contributed by atoms with Crippen LogP contribution < -0.4 is 16.0 Å². The highest BCUT2D eigenvalue weighted by molar-refractivity contribution is 9.10. The van der Waals surface area contributed by atoms with Gasteiger partial charge in [0.2, 0.25) is 0 Å². The fourth-order valence-corrected chi connectivity index (χ4v) is 5.27. The van der Waals surface area contributed by atoms with E-state index in [0.29, 0.717) is 23.0 Å². The molecule has 0 amide bonds. The van der Waals surface area contributed by atoms with E-state index in [2.05, 4.69) is 36.9 Å². The molecule has 2 aromatic rings. The first-order valence-electron chi connectivity index (χ1n) is 12.3. The van der Waals surface area contributed by atoms with Crippen molar-refractivity contribution < 1.29 is 9.47 Å². The van der Waals surface area contributed by atoms with Crippen LogP contribution in [0.2, 0.25) is 5.02 Å². The molecular weight excluding hydrogens is 518 g/mol. The van der Waals surface area contributed by atoms with Gasteiger partial charge < -0.3 is 25.4 Å². The topological polar surface area (TPSA) is 80.3 Å². The predicted octanol–water partition coefficient (Wildman–Crippen LogP) is 5.36. The van der Waals surface area contributed by atoms with Gasteiger partial charge in [-0.25, -0.2) is 9.97 Å². The van der Waals surface area contributed by atoms with Crippen molar-refractivity contribution in [2.45, 2.75) is 50.6 Å². The van der Waals surface area contributed by atoms with Gasteiger partial charge in [-0.05, 0) is 78.6 Å². The molecule has 1 saturated carbocycles. The van der Waals surface area contributed by atoms with E-state index in [1.54, 1.807) is 13.3 Å². The summed E-state index contributed by atoms with van der Waals surface area (Å²) in [5.74, 6) is 2.31. The number of hydrogen-bond donors (Lipinski definition) is 3. The molecule has 0 atom stereocenters. The maximum absolute atomic E-state index is 6.57. The molecule has 4 rings (SSSR count). The van der Waals surface area contributed by atoms with E-state index < -0.39 is 0 Å². The zero-order valence-electron chi connectivity index (χ0n) is 19.8. The zero-order valence-corrected chi connectivity index (χ0v) is 22.1. The summed E-state index contributed by atoms with van der Waals surface area (Å²) in [6.45, 7) is 4.26. The molecular formula is C25H35BrClN5O2. The van der Waals surface area contributed by atoms with Gasteiger partial charge in [-0.2, -0.15) is 0 Å². The first-order valence-corrected chi connectivity index (χ1v) is 13.4. The number of hydrogen-bond acceptors (Lipinski definition) is 7.